The minimum atomic E-state index is -0.539. The number of rotatable bonds is 4. The Balaban J connectivity index is 1.80. The summed E-state index contributed by atoms with van der Waals surface area (Å²) in [6.07, 6.45) is 0. The second-order valence-electron chi connectivity index (χ2n) is 5.93. The van der Waals surface area contributed by atoms with Gasteiger partial charge in [-0.1, -0.05) is 11.6 Å². The third kappa shape index (κ3) is 3.75. The Hall–Kier alpha value is -3.38. The molecule has 2 aromatic rings. The summed E-state index contributed by atoms with van der Waals surface area (Å²) in [5, 5.41) is 31.8. The fraction of sp³-hybridized carbons (Fsp3) is 0.235. The van der Waals surface area contributed by atoms with Gasteiger partial charge in [-0.25, -0.2) is 0 Å². The number of nitrogens with zero attached hydrogens (tertiary/aromatic N) is 5. The molecule has 10 heteroatoms. The van der Waals surface area contributed by atoms with Crippen LogP contribution in [-0.4, -0.2) is 36.0 Å². The number of nitro groups is 2. The molecule has 9 nitrogen and oxygen atoms in total. The third-order valence-electron chi connectivity index (χ3n) is 4.41. The molecule has 2 aromatic carbocycles. The molecule has 0 aliphatic carbocycles. The molecule has 0 radical (unpaired) electrons. The summed E-state index contributed by atoms with van der Waals surface area (Å²) in [5.74, 6) is 0. The Labute approximate surface area is 159 Å². The SMILES string of the molecule is N#Cc1cc([N+](=O)[O-])ccc1N1CCN(c2ccc(Cl)cc2[N+](=O)[O-])CC1. The van der Waals surface area contributed by atoms with Gasteiger partial charge in [0.05, 0.1) is 21.1 Å². The quantitative estimate of drug-likeness (QED) is 0.583. The first kappa shape index (κ1) is 18.4. The van der Waals surface area contributed by atoms with E-state index in [4.69, 9.17) is 11.6 Å². The van der Waals surface area contributed by atoms with Crippen LogP contribution >= 0.6 is 11.6 Å². The van der Waals surface area contributed by atoms with Crippen molar-refractivity contribution in [3.05, 3.63) is 67.2 Å². The van der Waals surface area contributed by atoms with E-state index in [1.165, 1.54) is 18.2 Å². The molecule has 1 aliphatic rings. The van der Waals surface area contributed by atoms with Crippen LogP contribution in [0.2, 0.25) is 5.02 Å². The molecule has 0 amide bonds. The van der Waals surface area contributed by atoms with Gasteiger partial charge in [0, 0.05) is 49.4 Å². The average molecular weight is 388 g/mol. The molecule has 1 fully saturated rings. The first-order chi connectivity index (χ1) is 12.9. The van der Waals surface area contributed by atoms with Crippen molar-refractivity contribution in [2.45, 2.75) is 0 Å². The minimum Gasteiger partial charge on any atom is -0.367 e. The summed E-state index contributed by atoms with van der Waals surface area (Å²) in [7, 11) is 0. The van der Waals surface area contributed by atoms with Crippen molar-refractivity contribution in [3.8, 4) is 6.07 Å². The molecule has 0 spiro atoms. The summed E-state index contributed by atoms with van der Waals surface area (Å²) in [6, 6.07) is 10.8. The van der Waals surface area contributed by atoms with E-state index >= 15 is 0 Å². The molecule has 1 saturated heterocycles. The van der Waals surface area contributed by atoms with Crippen LogP contribution in [0.4, 0.5) is 22.7 Å². The lowest BCUT2D eigenvalue weighted by Gasteiger charge is -2.37. The molecule has 0 unspecified atom stereocenters. The highest BCUT2D eigenvalue weighted by molar-refractivity contribution is 6.30. The topological polar surface area (TPSA) is 117 Å². The van der Waals surface area contributed by atoms with Crippen LogP contribution in [0.25, 0.3) is 0 Å². The van der Waals surface area contributed by atoms with Crippen LogP contribution < -0.4 is 9.80 Å². The van der Waals surface area contributed by atoms with E-state index in [9.17, 15) is 25.5 Å². The highest BCUT2D eigenvalue weighted by Crippen LogP contribution is 2.33. The fourth-order valence-electron chi connectivity index (χ4n) is 3.10. The minimum absolute atomic E-state index is 0.0519. The maximum Gasteiger partial charge on any atom is 0.294 e. The van der Waals surface area contributed by atoms with Gasteiger partial charge in [-0.3, -0.25) is 20.2 Å². The molecule has 0 saturated carbocycles. The molecule has 1 aliphatic heterocycles. The normalized spacial score (nSPS) is 13.9. The number of hydrogen-bond donors (Lipinski definition) is 0. The average Bonchev–Trinajstić information content (AvgIpc) is 2.67. The van der Waals surface area contributed by atoms with E-state index < -0.39 is 9.85 Å². The third-order valence-corrected chi connectivity index (χ3v) is 4.64. The van der Waals surface area contributed by atoms with Crippen molar-refractivity contribution in [1.29, 1.82) is 5.26 Å². The lowest BCUT2D eigenvalue weighted by molar-refractivity contribution is -0.384. The van der Waals surface area contributed by atoms with Crippen molar-refractivity contribution in [2.24, 2.45) is 0 Å². The van der Waals surface area contributed by atoms with Gasteiger partial charge in [-0.05, 0) is 18.2 Å². The number of piperazine rings is 1. The number of nitriles is 1. The van der Waals surface area contributed by atoms with Crippen LogP contribution in [0, 0.1) is 31.6 Å². The second kappa shape index (κ2) is 7.47. The zero-order valence-corrected chi connectivity index (χ0v) is 14.8. The van der Waals surface area contributed by atoms with Crippen molar-refractivity contribution < 1.29 is 9.85 Å². The number of anilines is 2. The molecular weight excluding hydrogens is 374 g/mol. The van der Waals surface area contributed by atoms with Gasteiger partial charge >= 0.3 is 0 Å². The Morgan fingerprint density at radius 3 is 2.07 bits per heavy atom. The van der Waals surface area contributed by atoms with Crippen molar-refractivity contribution in [3.63, 3.8) is 0 Å². The van der Waals surface area contributed by atoms with E-state index in [0.717, 1.165) is 0 Å². The highest BCUT2D eigenvalue weighted by Gasteiger charge is 2.25. The standard InChI is InChI=1S/C17H14ClN5O4/c18-13-1-3-16(17(10-13)23(26)27)21-7-5-20(6-8-21)15-4-2-14(22(24)25)9-12(15)11-19/h1-4,9-10H,5-8H2. The van der Waals surface area contributed by atoms with Crippen LogP contribution in [0.15, 0.2) is 36.4 Å². The second-order valence-corrected chi connectivity index (χ2v) is 6.37. The van der Waals surface area contributed by atoms with Crippen LogP contribution in [0.5, 0.6) is 0 Å². The molecule has 3 rings (SSSR count). The van der Waals surface area contributed by atoms with Gasteiger partial charge < -0.3 is 9.80 Å². The molecular formula is C17H14ClN5O4. The maximum atomic E-state index is 11.3. The number of nitro benzene ring substituents is 2. The van der Waals surface area contributed by atoms with Crippen molar-refractivity contribution >= 4 is 34.4 Å². The van der Waals surface area contributed by atoms with E-state index in [1.54, 1.807) is 18.2 Å². The number of benzene rings is 2. The smallest absolute Gasteiger partial charge is 0.294 e. The molecule has 1 heterocycles. The summed E-state index contributed by atoms with van der Waals surface area (Å²) in [4.78, 5) is 25.0. The van der Waals surface area contributed by atoms with Gasteiger partial charge in [-0.2, -0.15) is 5.26 Å². The van der Waals surface area contributed by atoms with E-state index in [2.05, 4.69) is 0 Å². The van der Waals surface area contributed by atoms with Crippen molar-refractivity contribution in [2.75, 3.05) is 36.0 Å². The zero-order valence-electron chi connectivity index (χ0n) is 14.0. The molecule has 138 valence electrons. The van der Waals surface area contributed by atoms with Gasteiger partial charge in [0.2, 0.25) is 0 Å². The van der Waals surface area contributed by atoms with Crippen LogP contribution in [-0.2, 0) is 0 Å². The predicted octanol–water partition coefficient (Wildman–Crippen LogP) is 3.35. The Bertz CT molecular complexity index is 951. The summed E-state index contributed by atoms with van der Waals surface area (Å²) in [6.45, 7) is 2.05. The summed E-state index contributed by atoms with van der Waals surface area (Å²) < 4.78 is 0. The lowest BCUT2D eigenvalue weighted by atomic mass is 10.1. The van der Waals surface area contributed by atoms with E-state index in [1.807, 2.05) is 15.9 Å². The van der Waals surface area contributed by atoms with E-state index in [-0.39, 0.29) is 16.9 Å². The van der Waals surface area contributed by atoms with Crippen LogP contribution in [0.1, 0.15) is 5.56 Å². The molecule has 0 aromatic heterocycles. The summed E-state index contributed by atoms with van der Waals surface area (Å²) >= 11 is 5.86. The Kier molecular flexibility index (Phi) is 5.09. The lowest BCUT2D eigenvalue weighted by Crippen LogP contribution is -2.47. The number of halogens is 1. The first-order valence-corrected chi connectivity index (χ1v) is 8.41. The Morgan fingerprint density at radius 2 is 1.52 bits per heavy atom. The molecule has 0 bridgehead atoms. The Morgan fingerprint density at radius 1 is 0.926 bits per heavy atom. The number of hydrogen-bond acceptors (Lipinski definition) is 7. The predicted molar refractivity (Wildman–Crippen MR) is 100 cm³/mol. The monoisotopic (exact) mass is 387 g/mol. The van der Waals surface area contributed by atoms with Crippen molar-refractivity contribution in [1.82, 2.24) is 0 Å². The van der Waals surface area contributed by atoms with Gasteiger partial charge in [0.25, 0.3) is 11.4 Å². The molecule has 0 N–H and O–H groups in total. The summed E-state index contributed by atoms with van der Waals surface area (Å²) in [5.41, 5.74) is 1.16. The van der Waals surface area contributed by atoms with Gasteiger partial charge in [0.15, 0.2) is 0 Å². The molecule has 27 heavy (non-hydrogen) atoms. The fourth-order valence-corrected chi connectivity index (χ4v) is 3.27. The zero-order chi connectivity index (χ0) is 19.6. The molecule has 0 atom stereocenters. The highest BCUT2D eigenvalue weighted by atomic mass is 35.5. The van der Waals surface area contributed by atoms with E-state index in [0.29, 0.717) is 42.6 Å². The van der Waals surface area contributed by atoms with Gasteiger partial charge in [0.1, 0.15) is 11.8 Å². The number of non-ortho nitro benzene ring substituents is 1. The van der Waals surface area contributed by atoms with Gasteiger partial charge in [-0.15, -0.1) is 0 Å². The first-order valence-electron chi connectivity index (χ1n) is 8.03. The maximum absolute atomic E-state index is 11.3. The largest absolute Gasteiger partial charge is 0.367 e. The van der Waals surface area contributed by atoms with Crippen LogP contribution in [0.3, 0.4) is 0 Å².